The Morgan fingerprint density at radius 3 is 2.67 bits per heavy atom. The molecule has 0 bridgehead atoms. The Kier molecular flexibility index (Phi) is 4.77. The van der Waals surface area contributed by atoms with Gasteiger partial charge >= 0.3 is 0 Å². The van der Waals surface area contributed by atoms with Gasteiger partial charge in [0.05, 0.1) is 16.8 Å². The second-order valence-corrected chi connectivity index (χ2v) is 6.86. The third-order valence-electron chi connectivity index (χ3n) is 2.86. The van der Waals surface area contributed by atoms with Gasteiger partial charge in [-0.25, -0.2) is 18.1 Å². The van der Waals surface area contributed by atoms with E-state index in [-0.39, 0.29) is 20.6 Å². The van der Waals surface area contributed by atoms with Gasteiger partial charge in [-0.05, 0) is 18.6 Å². The van der Waals surface area contributed by atoms with Gasteiger partial charge in [-0.15, -0.1) is 0 Å². The summed E-state index contributed by atoms with van der Waals surface area (Å²) < 4.78 is 27.5. The number of anilines is 1. The van der Waals surface area contributed by atoms with Crippen molar-refractivity contribution in [3.8, 4) is 0 Å². The number of benzene rings is 1. The van der Waals surface area contributed by atoms with Crippen molar-refractivity contribution in [2.75, 3.05) is 5.73 Å². The summed E-state index contributed by atoms with van der Waals surface area (Å²) in [6, 6.07) is 2.17. The van der Waals surface area contributed by atoms with Gasteiger partial charge < -0.3 is 10.7 Å². The average Bonchev–Trinajstić information content (AvgIpc) is 2.87. The zero-order chi connectivity index (χ0) is 15.6. The molecule has 0 saturated heterocycles. The van der Waals surface area contributed by atoms with Gasteiger partial charge in [0, 0.05) is 17.4 Å². The minimum atomic E-state index is -3.90. The lowest BCUT2D eigenvalue weighted by Crippen LogP contribution is -2.29. The molecule has 1 aromatic heterocycles. The molecule has 2 rings (SSSR count). The first-order valence-electron chi connectivity index (χ1n) is 6.11. The number of hydrogen-bond acceptors (Lipinski definition) is 4. The predicted octanol–water partition coefficient (Wildman–Crippen LogP) is 2.73. The Balaban J connectivity index is 2.39. The van der Waals surface area contributed by atoms with Crippen molar-refractivity contribution in [1.29, 1.82) is 0 Å². The third-order valence-corrected chi connectivity index (χ3v) is 5.08. The zero-order valence-corrected chi connectivity index (χ0v) is 13.4. The lowest BCUT2D eigenvalue weighted by Gasteiger charge is -2.17. The number of aromatic nitrogens is 2. The fourth-order valence-electron chi connectivity index (χ4n) is 1.91. The summed E-state index contributed by atoms with van der Waals surface area (Å²) in [4.78, 5) is 6.75. The number of halogens is 2. The van der Waals surface area contributed by atoms with E-state index in [4.69, 9.17) is 28.9 Å². The second-order valence-electron chi connectivity index (χ2n) is 4.36. The fourth-order valence-corrected chi connectivity index (χ4v) is 4.18. The number of hydrogen-bond donors (Lipinski definition) is 3. The third kappa shape index (κ3) is 3.49. The molecule has 0 aliphatic heterocycles. The molecule has 0 spiro atoms. The largest absolute Gasteiger partial charge is 0.398 e. The summed E-state index contributed by atoms with van der Waals surface area (Å²) in [5.41, 5.74) is 5.73. The van der Waals surface area contributed by atoms with Crippen LogP contribution in [0.2, 0.25) is 10.0 Å². The van der Waals surface area contributed by atoms with Gasteiger partial charge in [0.1, 0.15) is 10.7 Å². The maximum atomic E-state index is 12.5. The topological polar surface area (TPSA) is 101 Å². The van der Waals surface area contributed by atoms with E-state index in [1.807, 2.05) is 6.92 Å². The maximum absolute atomic E-state index is 12.5. The van der Waals surface area contributed by atoms with Gasteiger partial charge in [-0.2, -0.15) is 0 Å². The maximum Gasteiger partial charge on any atom is 0.244 e. The van der Waals surface area contributed by atoms with Crippen LogP contribution in [0.4, 0.5) is 5.69 Å². The van der Waals surface area contributed by atoms with E-state index in [1.54, 1.807) is 12.4 Å². The quantitative estimate of drug-likeness (QED) is 0.723. The van der Waals surface area contributed by atoms with Crippen LogP contribution in [0.3, 0.4) is 0 Å². The standard InChI is InChI=1S/C12H14Cl2N4O2S/c1-2-10(12-16-3-4-17-12)18-21(19,20)11-8(14)5-7(13)6-9(11)15/h3-6,10,18H,2,15H2,1H3,(H,16,17). The summed E-state index contributed by atoms with van der Waals surface area (Å²) in [6.45, 7) is 1.84. The Bertz CT molecular complexity index is 709. The molecule has 2 aromatic rings. The number of nitrogens with one attached hydrogen (secondary N) is 2. The zero-order valence-electron chi connectivity index (χ0n) is 11.1. The molecule has 0 amide bonds. The van der Waals surface area contributed by atoms with E-state index in [1.165, 1.54) is 12.1 Å². The molecule has 0 radical (unpaired) electrons. The first kappa shape index (κ1) is 16.1. The summed E-state index contributed by atoms with van der Waals surface area (Å²) >= 11 is 11.8. The molecule has 4 N–H and O–H groups in total. The van der Waals surface area contributed by atoms with E-state index in [0.717, 1.165) is 0 Å². The van der Waals surface area contributed by atoms with Crippen LogP contribution >= 0.6 is 23.2 Å². The summed E-state index contributed by atoms with van der Waals surface area (Å²) in [5.74, 6) is 0.518. The molecule has 0 aliphatic rings. The van der Waals surface area contributed by atoms with Gasteiger partial charge in [0.2, 0.25) is 10.0 Å². The van der Waals surface area contributed by atoms with E-state index in [2.05, 4.69) is 14.7 Å². The van der Waals surface area contributed by atoms with E-state index < -0.39 is 16.1 Å². The fraction of sp³-hybridized carbons (Fsp3) is 0.250. The van der Waals surface area contributed by atoms with Crippen LogP contribution in [0.25, 0.3) is 0 Å². The van der Waals surface area contributed by atoms with Crippen molar-refractivity contribution in [3.05, 3.63) is 40.4 Å². The number of H-pyrrole nitrogens is 1. The van der Waals surface area contributed by atoms with Gasteiger partial charge in [0.25, 0.3) is 0 Å². The molecule has 21 heavy (non-hydrogen) atoms. The molecule has 1 unspecified atom stereocenters. The summed E-state index contributed by atoms with van der Waals surface area (Å²) in [5, 5.41) is 0.247. The molecule has 9 heteroatoms. The molecule has 0 aliphatic carbocycles. The number of rotatable bonds is 5. The van der Waals surface area contributed by atoms with Gasteiger partial charge in [-0.1, -0.05) is 30.1 Å². The molecule has 6 nitrogen and oxygen atoms in total. The number of aromatic amines is 1. The smallest absolute Gasteiger partial charge is 0.244 e. The van der Waals surface area contributed by atoms with E-state index in [0.29, 0.717) is 12.2 Å². The predicted molar refractivity (Wildman–Crippen MR) is 82.8 cm³/mol. The Morgan fingerprint density at radius 2 is 2.14 bits per heavy atom. The second kappa shape index (κ2) is 6.23. The lowest BCUT2D eigenvalue weighted by molar-refractivity contribution is 0.539. The monoisotopic (exact) mass is 348 g/mol. The first-order valence-corrected chi connectivity index (χ1v) is 8.35. The van der Waals surface area contributed by atoms with Crippen molar-refractivity contribution in [3.63, 3.8) is 0 Å². The molecule has 114 valence electrons. The Morgan fingerprint density at radius 1 is 1.43 bits per heavy atom. The number of nitrogens with two attached hydrogens (primary N) is 1. The van der Waals surface area contributed by atoms with Gasteiger partial charge in [0.15, 0.2) is 0 Å². The molecular weight excluding hydrogens is 335 g/mol. The van der Waals surface area contributed by atoms with E-state index >= 15 is 0 Å². The van der Waals surface area contributed by atoms with Crippen LogP contribution in [0.5, 0.6) is 0 Å². The molecular formula is C12H14Cl2N4O2S. The van der Waals surface area contributed by atoms with Crippen molar-refractivity contribution in [1.82, 2.24) is 14.7 Å². The highest BCUT2D eigenvalue weighted by atomic mass is 35.5. The SMILES string of the molecule is CCC(NS(=O)(=O)c1c(N)cc(Cl)cc1Cl)c1ncc[nH]1. The molecule has 1 heterocycles. The normalized spacial score (nSPS) is 13.3. The number of nitrogen functional groups attached to an aromatic ring is 1. The highest BCUT2D eigenvalue weighted by Crippen LogP contribution is 2.32. The van der Waals surface area contributed by atoms with Gasteiger partial charge in [-0.3, -0.25) is 0 Å². The Hall–Kier alpha value is -1.28. The molecule has 1 aromatic carbocycles. The summed E-state index contributed by atoms with van der Waals surface area (Å²) in [7, 11) is -3.90. The highest BCUT2D eigenvalue weighted by molar-refractivity contribution is 7.89. The number of nitrogens with zero attached hydrogens (tertiary/aromatic N) is 1. The number of imidazole rings is 1. The van der Waals surface area contributed by atoms with E-state index in [9.17, 15) is 8.42 Å². The first-order chi connectivity index (χ1) is 9.85. The molecule has 0 saturated carbocycles. The highest BCUT2D eigenvalue weighted by Gasteiger charge is 2.26. The van der Waals surface area contributed by atoms with Crippen molar-refractivity contribution in [2.24, 2.45) is 0 Å². The van der Waals surface area contributed by atoms with Crippen LogP contribution < -0.4 is 10.5 Å². The average molecular weight is 349 g/mol. The van der Waals surface area contributed by atoms with Crippen LogP contribution in [0.15, 0.2) is 29.4 Å². The van der Waals surface area contributed by atoms with Crippen LogP contribution in [-0.2, 0) is 10.0 Å². The molecule has 1 atom stereocenters. The minimum Gasteiger partial charge on any atom is -0.398 e. The Labute approximate surface area is 132 Å². The summed E-state index contributed by atoms with van der Waals surface area (Å²) in [6.07, 6.45) is 3.68. The lowest BCUT2D eigenvalue weighted by atomic mass is 10.2. The van der Waals surface area contributed by atoms with Crippen LogP contribution in [0.1, 0.15) is 25.2 Å². The van der Waals surface area contributed by atoms with Crippen LogP contribution in [-0.4, -0.2) is 18.4 Å². The minimum absolute atomic E-state index is 0.00528. The van der Waals surface area contributed by atoms with Crippen molar-refractivity contribution < 1.29 is 8.42 Å². The molecule has 0 fully saturated rings. The van der Waals surface area contributed by atoms with Crippen molar-refractivity contribution >= 4 is 38.9 Å². The van der Waals surface area contributed by atoms with Crippen LogP contribution in [0, 0.1) is 0 Å². The van der Waals surface area contributed by atoms with Crippen molar-refractivity contribution in [2.45, 2.75) is 24.3 Å². The number of sulfonamides is 1.